The van der Waals surface area contributed by atoms with E-state index in [4.69, 9.17) is 4.74 Å². The van der Waals surface area contributed by atoms with Gasteiger partial charge in [-0.2, -0.15) is 0 Å². The van der Waals surface area contributed by atoms with Crippen molar-refractivity contribution < 1.29 is 4.74 Å². The number of allylic oxidation sites excluding steroid dienone is 5. The molecule has 0 saturated carbocycles. The molecule has 1 heteroatoms. The molecule has 2 rings (SSSR count). The molecular weight excluding hydrogens is 148 g/mol. The third-order valence-corrected chi connectivity index (χ3v) is 2.27. The highest BCUT2D eigenvalue weighted by Gasteiger charge is 2.20. The zero-order valence-electron chi connectivity index (χ0n) is 7.63. The van der Waals surface area contributed by atoms with Crippen LogP contribution >= 0.6 is 0 Å². The second-order valence-electron chi connectivity index (χ2n) is 3.98. The molecule has 0 atom stereocenters. The number of fused-ring (bicyclic) bond motifs is 1. The molecule has 0 amide bonds. The monoisotopic (exact) mass is 162 g/mol. The Morgan fingerprint density at radius 1 is 1.42 bits per heavy atom. The molecule has 1 aliphatic carbocycles. The van der Waals surface area contributed by atoms with Gasteiger partial charge in [0.2, 0.25) is 0 Å². The second-order valence-corrected chi connectivity index (χ2v) is 3.98. The Kier molecular flexibility index (Phi) is 1.60. The van der Waals surface area contributed by atoms with Gasteiger partial charge in [0.25, 0.3) is 0 Å². The van der Waals surface area contributed by atoms with Crippen LogP contribution in [0.25, 0.3) is 0 Å². The summed E-state index contributed by atoms with van der Waals surface area (Å²) in [6.45, 7) is 5.28. The van der Waals surface area contributed by atoms with E-state index in [0.29, 0.717) is 0 Å². The first-order chi connectivity index (χ1) is 5.67. The molecule has 0 aromatic heterocycles. The number of ether oxygens (including phenoxy) is 1. The summed E-state index contributed by atoms with van der Waals surface area (Å²) >= 11 is 0. The van der Waals surface area contributed by atoms with Crippen LogP contribution in [0.4, 0.5) is 0 Å². The van der Waals surface area contributed by atoms with E-state index in [1.54, 1.807) is 0 Å². The van der Waals surface area contributed by atoms with E-state index < -0.39 is 0 Å². The van der Waals surface area contributed by atoms with E-state index in [0.717, 1.165) is 18.8 Å². The predicted octanol–water partition coefficient (Wildman–Crippen LogP) is 2.81. The average Bonchev–Trinajstić information content (AvgIpc) is 2.31. The van der Waals surface area contributed by atoms with Gasteiger partial charge in [-0.3, -0.25) is 0 Å². The number of hydrogen-bond acceptors (Lipinski definition) is 1. The fourth-order valence-electron chi connectivity index (χ4n) is 1.67. The van der Waals surface area contributed by atoms with Crippen molar-refractivity contribution in [2.24, 2.45) is 5.41 Å². The smallest absolute Gasteiger partial charge is 0.122 e. The van der Waals surface area contributed by atoms with Gasteiger partial charge in [-0.25, -0.2) is 0 Å². The molecule has 0 spiro atoms. The Balaban J connectivity index is 2.40. The Hall–Kier alpha value is -0.980. The van der Waals surface area contributed by atoms with E-state index in [-0.39, 0.29) is 5.41 Å². The maximum atomic E-state index is 5.47. The summed E-state index contributed by atoms with van der Waals surface area (Å²) in [4.78, 5) is 0. The van der Waals surface area contributed by atoms with Crippen molar-refractivity contribution in [1.29, 1.82) is 0 Å². The Morgan fingerprint density at radius 2 is 2.25 bits per heavy atom. The summed E-state index contributed by atoms with van der Waals surface area (Å²) in [6.07, 6.45) is 9.72. The average molecular weight is 162 g/mol. The molecule has 1 aliphatic heterocycles. The minimum absolute atomic E-state index is 0.182. The summed E-state index contributed by atoms with van der Waals surface area (Å²) in [5, 5.41) is 0. The topological polar surface area (TPSA) is 9.23 Å². The fraction of sp³-hybridized carbons (Fsp3) is 0.455. The molecule has 1 saturated heterocycles. The first kappa shape index (κ1) is 7.66. The van der Waals surface area contributed by atoms with Crippen molar-refractivity contribution in [2.45, 2.75) is 20.3 Å². The fourth-order valence-corrected chi connectivity index (χ4v) is 1.67. The molecule has 0 radical (unpaired) electrons. The largest absolute Gasteiger partial charge is 0.493 e. The molecular formula is C11H14O. The Labute approximate surface area is 73.4 Å². The van der Waals surface area contributed by atoms with Crippen LogP contribution in [0.5, 0.6) is 0 Å². The lowest BCUT2D eigenvalue weighted by atomic mass is 9.91. The van der Waals surface area contributed by atoms with Crippen LogP contribution in [0.3, 0.4) is 0 Å². The highest BCUT2D eigenvalue weighted by molar-refractivity contribution is 5.37. The van der Waals surface area contributed by atoms with Gasteiger partial charge in [-0.05, 0) is 11.6 Å². The van der Waals surface area contributed by atoms with Gasteiger partial charge in [-0.1, -0.05) is 32.1 Å². The molecule has 64 valence electrons. The van der Waals surface area contributed by atoms with Gasteiger partial charge in [0, 0.05) is 11.8 Å². The quantitative estimate of drug-likeness (QED) is 0.532. The summed E-state index contributed by atoms with van der Waals surface area (Å²) in [7, 11) is 0. The van der Waals surface area contributed by atoms with Crippen molar-refractivity contribution >= 4 is 0 Å². The van der Waals surface area contributed by atoms with Crippen LogP contribution in [0.2, 0.25) is 0 Å². The van der Waals surface area contributed by atoms with E-state index in [9.17, 15) is 0 Å². The van der Waals surface area contributed by atoms with Gasteiger partial charge in [0.1, 0.15) is 5.76 Å². The molecule has 0 aromatic carbocycles. The van der Waals surface area contributed by atoms with Gasteiger partial charge >= 0.3 is 0 Å². The van der Waals surface area contributed by atoms with Crippen molar-refractivity contribution in [1.82, 2.24) is 0 Å². The minimum Gasteiger partial charge on any atom is -0.493 e. The summed E-state index contributed by atoms with van der Waals surface area (Å²) < 4.78 is 5.47. The predicted molar refractivity (Wildman–Crippen MR) is 49.7 cm³/mol. The first-order valence-corrected chi connectivity index (χ1v) is 4.42. The third kappa shape index (κ3) is 1.31. The summed E-state index contributed by atoms with van der Waals surface area (Å²) in [5.41, 5.74) is 1.55. The van der Waals surface area contributed by atoms with Crippen LogP contribution < -0.4 is 0 Å². The van der Waals surface area contributed by atoms with Crippen LogP contribution in [0.1, 0.15) is 20.3 Å². The van der Waals surface area contributed by atoms with E-state index in [2.05, 4.69) is 38.2 Å². The van der Waals surface area contributed by atoms with Crippen LogP contribution in [0.15, 0.2) is 35.6 Å². The third-order valence-electron chi connectivity index (χ3n) is 2.27. The van der Waals surface area contributed by atoms with E-state index in [1.807, 2.05) is 0 Å². The van der Waals surface area contributed by atoms with Gasteiger partial charge in [0.05, 0.1) is 6.61 Å². The molecule has 2 aliphatic rings. The molecule has 0 unspecified atom stereocenters. The van der Waals surface area contributed by atoms with Gasteiger partial charge in [0.15, 0.2) is 0 Å². The highest BCUT2D eigenvalue weighted by Crippen LogP contribution is 2.32. The maximum absolute atomic E-state index is 5.47. The molecule has 0 aromatic rings. The second kappa shape index (κ2) is 2.51. The van der Waals surface area contributed by atoms with Crippen molar-refractivity contribution in [2.75, 3.05) is 6.61 Å². The zero-order valence-corrected chi connectivity index (χ0v) is 7.63. The van der Waals surface area contributed by atoms with Crippen LogP contribution in [-0.2, 0) is 4.74 Å². The Bertz CT molecular complexity index is 279. The number of rotatable bonds is 0. The molecule has 0 bridgehead atoms. The van der Waals surface area contributed by atoms with Crippen molar-refractivity contribution in [3.8, 4) is 0 Å². The van der Waals surface area contributed by atoms with E-state index in [1.165, 1.54) is 5.57 Å². The van der Waals surface area contributed by atoms with Gasteiger partial charge < -0.3 is 4.74 Å². The minimum atomic E-state index is 0.182. The molecule has 1 fully saturated rings. The molecule has 1 nitrogen and oxygen atoms in total. The first-order valence-electron chi connectivity index (χ1n) is 4.42. The zero-order chi connectivity index (χ0) is 8.60. The lowest BCUT2D eigenvalue weighted by Gasteiger charge is -2.13. The normalized spacial score (nSPS) is 25.2. The molecule has 12 heavy (non-hydrogen) atoms. The SMILES string of the molecule is CC1(C)C=CC=C2OCCC2=C1. The maximum Gasteiger partial charge on any atom is 0.122 e. The van der Waals surface area contributed by atoms with Crippen molar-refractivity contribution in [3.05, 3.63) is 35.6 Å². The van der Waals surface area contributed by atoms with Gasteiger partial charge in [-0.15, -0.1) is 0 Å². The van der Waals surface area contributed by atoms with E-state index >= 15 is 0 Å². The van der Waals surface area contributed by atoms with Crippen molar-refractivity contribution in [3.63, 3.8) is 0 Å². The standard InChI is InChI=1S/C11H14O/c1-11(2)6-3-4-10-9(8-11)5-7-12-10/h3-4,6,8H,5,7H2,1-2H3. The lowest BCUT2D eigenvalue weighted by molar-refractivity contribution is 0.266. The van der Waals surface area contributed by atoms with Crippen LogP contribution in [0, 0.1) is 5.41 Å². The lowest BCUT2D eigenvalue weighted by Crippen LogP contribution is -2.02. The Morgan fingerprint density at radius 3 is 3.08 bits per heavy atom. The molecule has 1 heterocycles. The summed E-state index contributed by atoms with van der Waals surface area (Å²) in [6, 6.07) is 0. The highest BCUT2D eigenvalue weighted by atomic mass is 16.5. The summed E-state index contributed by atoms with van der Waals surface area (Å²) in [5.74, 6) is 1.07. The molecule has 0 N–H and O–H groups in total. The number of hydrogen-bond donors (Lipinski definition) is 0. The van der Waals surface area contributed by atoms with Crippen LogP contribution in [-0.4, -0.2) is 6.61 Å².